The van der Waals surface area contributed by atoms with Gasteiger partial charge >= 0.3 is 6.16 Å². The number of fused-ring (bicyclic) bond motifs is 4. The number of aromatic nitrogens is 2. The van der Waals surface area contributed by atoms with Crippen molar-refractivity contribution in [3.8, 4) is 28.5 Å². The van der Waals surface area contributed by atoms with Crippen molar-refractivity contribution in [1.82, 2.24) is 19.8 Å². The maximum Gasteiger partial charge on any atom is 0.511 e. The van der Waals surface area contributed by atoms with Gasteiger partial charge in [-0.2, -0.15) is 0 Å². The van der Waals surface area contributed by atoms with Crippen LogP contribution in [-0.2, 0) is 20.0 Å². The Balaban J connectivity index is 1.46. The molecule has 0 radical (unpaired) electrons. The molecule has 1 aromatic carbocycles. The summed E-state index contributed by atoms with van der Waals surface area (Å²) in [5.41, 5.74) is 2.72. The molecule has 34 heavy (non-hydrogen) atoms. The van der Waals surface area contributed by atoms with Gasteiger partial charge in [0.05, 0.1) is 17.8 Å². The molecule has 1 saturated heterocycles. The van der Waals surface area contributed by atoms with Gasteiger partial charge in [0.2, 0.25) is 5.75 Å². The number of rotatable bonds is 6. The number of aromatic hydroxyl groups is 1. The number of aromatic amines is 1. The number of nitrogens with zero attached hydrogens (tertiary/aromatic N) is 2. The summed E-state index contributed by atoms with van der Waals surface area (Å²) in [6.45, 7) is 5.33. The molecular formula is C24H28N4O6. The molecule has 4 N–H and O–H groups in total. The molecule has 0 bridgehead atoms. The third kappa shape index (κ3) is 4.10. The molecule has 5 rings (SSSR count). The first kappa shape index (κ1) is 22.3. The first-order valence-corrected chi connectivity index (χ1v) is 11.5. The minimum Gasteiger partial charge on any atom is -0.504 e. The van der Waals surface area contributed by atoms with E-state index in [1.54, 1.807) is 0 Å². The number of carbonyl (C=O) groups is 1. The molecule has 180 valence electrons. The van der Waals surface area contributed by atoms with Gasteiger partial charge in [-0.1, -0.05) is 0 Å². The maximum atomic E-state index is 12.5. The first-order chi connectivity index (χ1) is 16.4. The van der Waals surface area contributed by atoms with E-state index in [-0.39, 0.29) is 13.0 Å². The zero-order valence-corrected chi connectivity index (χ0v) is 19.0. The highest BCUT2D eigenvalue weighted by Gasteiger charge is 2.26. The highest BCUT2D eigenvalue weighted by atomic mass is 16.7. The number of hydrogen-bond donors (Lipinski definition) is 4. The van der Waals surface area contributed by atoms with Crippen LogP contribution in [0.1, 0.15) is 24.1 Å². The molecule has 0 aliphatic carbocycles. The van der Waals surface area contributed by atoms with Gasteiger partial charge in [-0.3, -0.25) is 4.79 Å². The average molecular weight is 469 g/mol. The van der Waals surface area contributed by atoms with E-state index in [0.29, 0.717) is 22.6 Å². The topological polar surface area (TPSA) is 129 Å². The summed E-state index contributed by atoms with van der Waals surface area (Å²) in [5, 5.41) is 24.0. The zero-order chi connectivity index (χ0) is 23.8. The van der Waals surface area contributed by atoms with Crippen molar-refractivity contribution in [3.05, 3.63) is 39.8 Å². The molecule has 2 aliphatic rings. The highest BCUT2D eigenvalue weighted by molar-refractivity contribution is 5.90. The summed E-state index contributed by atoms with van der Waals surface area (Å²) < 4.78 is 12.6. The minimum atomic E-state index is -1.67. The second-order valence-corrected chi connectivity index (χ2v) is 8.78. The van der Waals surface area contributed by atoms with E-state index in [9.17, 15) is 14.7 Å². The molecule has 1 fully saturated rings. The van der Waals surface area contributed by atoms with E-state index in [1.165, 1.54) is 25.9 Å². The number of benzene rings is 1. The van der Waals surface area contributed by atoms with E-state index >= 15 is 0 Å². The highest BCUT2D eigenvalue weighted by Crippen LogP contribution is 2.41. The molecule has 4 heterocycles. The Labute approximate surface area is 195 Å². The molecule has 0 saturated carbocycles. The van der Waals surface area contributed by atoms with Crippen LogP contribution in [-0.4, -0.2) is 63.6 Å². The van der Waals surface area contributed by atoms with Gasteiger partial charge in [-0.05, 0) is 38.1 Å². The fourth-order valence-electron chi connectivity index (χ4n) is 4.89. The Hall–Kier alpha value is -3.50. The van der Waals surface area contributed by atoms with Crippen LogP contribution in [0.2, 0.25) is 0 Å². The monoisotopic (exact) mass is 468 g/mol. The second-order valence-electron chi connectivity index (χ2n) is 8.78. The van der Waals surface area contributed by atoms with Crippen LogP contribution in [0.25, 0.3) is 22.2 Å². The van der Waals surface area contributed by atoms with Crippen LogP contribution in [0.4, 0.5) is 4.79 Å². The minimum absolute atomic E-state index is 0.257. The number of H-pyrrole nitrogens is 1. The van der Waals surface area contributed by atoms with Crippen molar-refractivity contribution in [2.24, 2.45) is 7.05 Å². The van der Waals surface area contributed by atoms with Gasteiger partial charge in [0, 0.05) is 61.4 Å². The fourth-order valence-corrected chi connectivity index (χ4v) is 4.89. The molecular weight excluding hydrogens is 440 g/mol. The van der Waals surface area contributed by atoms with Crippen LogP contribution in [0.15, 0.2) is 23.0 Å². The fraction of sp³-hybridized carbons (Fsp3) is 0.417. The summed E-state index contributed by atoms with van der Waals surface area (Å²) in [5.74, 6) is -0.519. The van der Waals surface area contributed by atoms with Gasteiger partial charge in [-0.25, -0.2) is 4.79 Å². The summed E-state index contributed by atoms with van der Waals surface area (Å²) in [6, 6.07) is 5.96. The van der Waals surface area contributed by atoms with E-state index < -0.39 is 23.2 Å². The van der Waals surface area contributed by atoms with E-state index in [4.69, 9.17) is 9.84 Å². The normalized spacial score (nSPS) is 15.6. The standard InChI is InChI=1S/C24H28N4O6/c1-27-15(13-25-5-8-28-6-2-3-7-28)10-14-11-17-19(12-18(14)27)33-9-4-16-20(17)26-23(30)22(21(16)29)34-24(31)32/h10-12,25H,2-9,13H2,1H3,(H,31,32)(H2,26,29,30). The largest absolute Gasteiger partial charge is 0.511 e. The van der Waals surface area contributed by atoms with E-state index in [0.717, 1.165) is 36.2 Å². The second kappa shape index (κ2) is 9.03. The molecule has 3 aromatic rings. The number of likely N-dealkylation sites (tertiary alicyclic amines) is 1. The first-order valence-electron chi connectivity index (χ1n) is 11.5. The van der Waals surface area contributed by atoms with Crippen LogP contribution in [0.5, 0.6) is 17.2 Å². The predicted octanol–water partition coefficient (Wildman–Crippen LogP) is 2.42. The number of nitrogens with one attached hydrogen (secondary N) is 2. The van der Waals surface area contributed by atoms with E-state index in [2.05, 4.69) is 30.6 Å². The lowest BCUT2D eigenvalue weighted by Crippen LogP contribution is -2.30. The van der Waals surface area contributed by atoms with Crippen LogP contribution >= 0.6 is 0 Å². The summed E-state index contributed by atoms with van der Waals surface area (Å²) in [6.07, 6.45) is 1.19. The summed E-state index contributed by atoms with van der Waals surface area (Å²) in [4.78, 5) is 28.6. The smallest absolute Gasteiger partial charge is 0.504 e. The van der Waals surface area contributed by atoms with Crippen LogP contribution in [0.3, 0.4) is 0 Å². The van der Waals surface area contributed by atoms with E-state index in [1.807, 2.05) is 19.2 Å². The molecule has 0 atom stereocenters. The average Bonchev–Trinajstić information content (AvgIpc) is 3.38. The van der Waals surface area contributed by atoms with Crippen molar-refractivity contribution in [1.29, 1.82) is 0 Å². The summed E-state index contributed by atoms with van der Waals surface area (Å²) >= 11 is 0. The van der Waals surface area contributed by atoms with Gasteiger partial charge in [0.1, 0.15) is 5.75 Å². The number of hydrogen-bond acceptors (Lipinski definition) is 7. The third-order valence-electron chi connectivity index (χ3n) is 6.67. The predicted molar refractivity (Wildman–Crippen MR) is 126 cm³/mol. The maximum absolute atomic E-state index is 12.5. The lowest BCUT2D eigenvalue weighted by molar-refractivity contribution is 0.142. The molecule has 2 aliphatic heterocycles. The van der Waals surface area contributed by atoms with Crippen molar-refractivity contribution < 1.29 is 24.5 Å². The number of aryl methyl sites for hydroxylation is 1. The van der Waals surface area contributed by atoms with Crippen molar-refractivity contribution in [3.63, 3.8) is 0 Å². The molecule has 2 aromatic heterocycles. The third-order valence-corrected chi connectivity index (χ3v) is 6.67. The molecule has 10 nitrogen and oxygen atoms in total. The SMILES string of the molecule is Cn1c(CNCCN2CCCC2)cc2cc3c(cc21)OCCc1c-3[nH]c(=O)c(OC(=O)O)c1O. The van der Waals surface area contributed by atoms with Gasteiger partial charge in [0.15, 0.2) is 5.75 Å². The Kier molecular flexibility index (Phi) is 5.93. The Morgan fingerprint density at radius 3 is 2.82 bits per heavy atom. The molecule has 0 amide bonds. The molecule has 0 spiro atoms. The lowest BCUT2D eigenvalue weighted by atomic mass is 10.0. The summed E-state index contributed by atoms with van der Waals surface area (Å²) in [7, 11) is 2.01. The molecule has 10 heteroatoms. The van der Waals surface area contributed by atoms with Gasteiger partial charge in [0.25, 0.3) is 5.56 Å². The number of ether oxygens (including phenoxy) is 2. The van der Waals surface area contributed by atoms with Crippen molar-refractivity contribution in [2.45, 2.75) is 25.8 Å². The zero-order valence-electron chi connectivity index (χ0n) is 19.0. The Bertz CT molecular complexity index is 1310. The lowest BCUT2D eigenvalue weighted by Gasteiger charge is -2.15. The van der Waals surface area contributed by atoms with Gasteiger partial charge in [-0.15, -0.1) is 0 Å². The number of carboxylic acid groups (broad SMARTS) is 1. The number of pyridine rings is 1. The van der Waals surface area contributed by atoms with Crippen LogP contribution in [0, 0.1) is 0 Å². The Morgan fingerprint density at radius 2 is 2.06 bits per heavy atom. The van der Waals surface area contributed by atoms with Crippen LogP contribution < -0.4 is 20.3 Å². The van der Waals surface area contributed by atoms with Crippen molar-refractivity contribution in [2.75, 3.05) is 32.8 Å². The van der Waals surface area contributed by atoms with Crippen molar-refractivity contribution >= 4 is 17.1 Å². The van der Waals surface area contributed by atoms with Gasteiger partial charge < -0.3 is 39.5 Å². The molecule has 0 unspecified atom stereocenters. The Morgan fingerprint density at radius 1 is 1.26 bits per heavy atom. The quantitative estimate of drug-likeness (QED) is 0.321.